The lowest BCUT2D eigenvalue weighted by atomic mass is 9.96. The van der Waals surface area contributed by atoms with E-state index in [0.717, 1.165) is 36.2 Å². The van der Waals surface area contributed by atoms with Gasteiger partial charge >= 0.3 is 0 Å². The third-order valence-corrected chi connectivity index (χ3v) is 5.41. The van der Waals surface area contributed by atoms with Gasteiger partial charge < -0.3 is 15.0 Å². The van der Waals surface area contributed by atoms with Gasteiger partial charge in [0.2, 0.25) is 0 Å². The summed E-state index contributed by atoms with van der Waals surface area (Å²) in [4.78, 5) is 25.5. The summed E-state index contributed by atoms with van der Waals surface area (Å²) in [7, 11) is 2.07. The molecule has 6 nitrogen and oxygen atoms in total. The summed E-state index contributed by atoms with van der Waals surface area (Å²) in [5.41, 5.74) is 0.862. The molecule has 2 aromatic heterocycles. The highest BCUT2D eigenvalue weighted by molar-refractivity contribution is 5.87. The van der Waals surface area contributed by atoms with Gasteiger partial charge in [0.15, 0.2) is 5.78 Å². The number of aromatic nitrogens is 3. The second kappa shape index (κ2) is 5.05. The van der Waals surface area contributed by atoms with Gasteiger partial charge in [-0.05, 0) is 36.7 Å². The van der Waals surface area contributed by atoms with Crippen LogP contribution in [0.5, 0.6) is 0 Å². The Hall–Kier alpha value is -1.95. The molecule has 2 fully saturated rings. The maximum absolute atomic E-state index is 11.6. The van der Waals surface area contributed by atoms with Gasteiger partial charge in [0, 0.05) is 25.7 Å². The van der Waals surface area contributed by atoms with Crippen molar-refractivity contribution < 1.29 is 9.90 Å². The molecule has 2 heterocycles. The normalized spacial score (nSPS) is 29.5. The Balaban J connectivity index is 1.42. The highest BCUT2D eigenvalue weighted by atomic mass is 16.3. The first-order valence-corrected chi connectivity index (χ1v) is 7.82. The van der Waals surface area contributed by atoms with Crippen LogP contribution in [0.3, 0.4) is 0 Å². The molecule has 0 amide bonds. The summed E-state index contributed by atoms with van der Waals surface area (Å²) in [5.74, 6) is 3.01. The van der Waals surface area contributed by atoms with Crippen LogP contribution in [0.15, 0.2) is 18.6 Å². The third kappa shape index (κ3) is 2.09. The molecule has 4 rings (SSSR count). The minimum atomic E-state index is -0.304. The second-order valence-corrected chi connectivity index (χ2v) is 6.60. The third-order valence-electron chi connectivity index (χ3n) is 5.41. The number of ketones is 1. The molecule has 2 aliphatic carbocycles. The summed E-state index contributed by atoms with van der Waals surface area (Å²) in [5, 5.41) is 10.0. The van der Waals surface area contributed by atoms with Crippen LogP contribution in [-0.2, 0) is 4.79 Å². The summed E-state index contributed by atoms with van der Waals surface area (Å²) in [6, 6.07) is 2.00. The molecule has 2 saturated carbocycles. The largest absolute Gasteiger partial charge is 0.389 e. The van der Waals surface area contributed by atoms with Crippen molar-refractivity contribution in [3.8, 4) is 0 Å². The van der Waals surface area contributed by atoms with E-state index in [2.05, 4.69) is 26.9 Å². The Morgan fingerprint density at radius 3 is 2.91 bits per heavy atom. The van der Waals surface area contributed by atoms with Crippen LogP contribution < -0.4 is 4.90 Å². The van der Waals surface area contributed by atoms with E-state index >= 15 is 0 Å². The van der Waals surface area contributed by atoms with Crippen molar-refractivity contribution in [2.24, 2.45) is 23.7 Å². The molecule has 0 spiro atoms. The number of anilines is 1. The molecule has 4 atom stereocenters. The summed E-state index contributed by atoms with van der Waals surface area (Å²) in [6.45, 7) is 0.660. The fourth-order valence-electron chi connectivity index (χ4n) is 4.21. The Morgan fingerprint density at radius 1 is 1.41 bits per heavy atom. The molecule has 2 N–H and O–H groups in total. The van der Waals surface area contributed by atoms with Gasteiger partial charge in [-0.1, -0.05) is 0 Å². The number of aromatic amines is 1. The monoisotopic (exact) mass is 300 g/mol. The van der Waals surface area contributed by atoms with E-state index in [-0.39, 0.29) is 18.3 Å². The van der Waals surface area contributed by atoms with Gasteiger partial charge in [0.1, 0.15) is 24.4 Å². The Kier molecular flexibility index (Phi) is 3.14. The number of aliphatic hydroxyl groups excluding tert-OH is 1. The highest BCUT2D eigenvalue weighted by Crippen LogP contribution is 2.60. The number of fused-ring (bicyclic) bond motifs is 2. The Bertz CT molecular complexity index is 701. The van der Waals surface area contributed by atoms with Gasteiger partial charge in [-0.3, -0.25) is 4.79 Å². The first-order valence-electron chi connectivity index (χ1n) is 7.82. The fraction of sp³-hybridized carbons (Fsp3) is 0.562. The van der Waals surface area contributed by atoms with E-state index in [4.69, 9.17) is 5.11 Å². The number of Topliss-reactive ketones (excluding diaryl/α,β-unsaturated/α-hetero) is 1. The molecule has 0 radical (unpaired) electrons. The van der Waals surface area contributed by atoms with Crippen molar-refractivity contribution in [1.29, 1.82) is 0 Å². The molecule has 6 heteroatoms. The summed E-state index contributed by atoms with van der Waals surface area (Å²) >= 11 is 0. The maximum atomic E-state index is 11.6. The molecule has 22 heavy (non-hydrogen) atoms. The highest BCUT2D eigenvalue weighted by Gasteiger charge is 2.57. The van der Waals surface area contributed by atoms with E-state index in [1.807, 2.05) is 12.3 Å². The van der Waals surface area contributed by atoms with Gasteiger partial charge in [-0.25, -0.2) is 9.97 Å². The minimum absolute atomic E-state index is 0.0177. The fourth-order valence-corrected chi connectivity index (χ4v) is 4.21. The van der Waals surface area contributed by atoms with Crippen LogP contribution in [0.2, 0.25) is 0 Å². The molecule has 116 valence electrons. The van der Waals surface area contributed by atoms with Crippen LogP contribution in [0.25, 0.3) is 11.0 Å². The first-order chi connectivity index (χ1) is 10.7. The van der Waals surface area contributed by atoms with E-state index in [1.54, 1.807) is 6.33 Å². The predicted octanol–water partition coefficient (Wildman–Crippen LogP) is 1.23. The Labute approximate surface area is 128 Å². The molecule has 0 aromatic carbocycles. The zero-order valence-electron chi connectivity index (χ0n) is 12.6. The molecule has 2 aliphatic rings. The number of H-pyrrole nitrogens is 1. The van der Waals surface area contributed by atoms with Gasteiger partial charge in [-0.15, -0.1) is 0 Å². The van der Waals surface area contributed by atoms with Crippen molar-refractivity contribution in [1.82, 2.24) is 15.0 Å². The van der Waals surface area contributed by atoms with Crippen LogP contribution in [-0.4, -0.2) is 46.0 Å². The Morgan fingerprint density at radius 2 is 2.18 bits per heavy atom. The standard InChI is InChI=1S/C16H20N4O2/c1-20(16-10-2-3-17-15(10)18-8-19-16)6-13-11-4-9(5-12(11)13)14(22)7-21/h2-3,8-9,11-13,21H,4-7H2,1H3,(H,17,18,19)/t9?,11-,12+,13?. The molecular weight excluding hydrogens is 280 g/mol. The van der Waals surface area contributed by atoms with E-state index in [0.29, 0.717) is 17.8 Å². The van der Waals surface area contributed by atoms with Crippen molar-refractivity contribution in [3.63, 3.8) is 0 Å². The van der Waals surface area contributed by atoms with Crippen molar-refractivity contribution in [3.05, 3.63) is 18.6 Å². The number of carbonyl (C=O) groups excluding carboxylic acids is 1. The van der Waals surface area contributed by atoms with Crippen molar-refractivity contribution in [2.45, 2.75) is 12.8 Å². The molecule has 2 unspecified atom stereocenters. The van der Waals surface area contributed by atoms with E-state index < -0.39 is 0 Å². The number of nitrogens with zero attached hydrogens (tertiary/aromatic N) is 3. The smallest absolute Gasteiger partial charge is 0.161 e. The summed E-state index contributed by atoms with van der Waals surface area (Å²) < 4.78 is 0. The maximum Gasteiger partial charge on any atom is 0.161 e. The SMILES string of the molecule is CN(CC1[C@H]2CC(C(=O)CO)C[C@@H]12)c1ncnc2[nH]ccc12. The average molecular weight is 300 g/mol. The molecule has 0 bridgehead atoms. The lowest BCUT2D eigenvalue weighted by Crippen LogP contribution is -2.25. The van der Waals surface area contributed by atoms with Gasteiger partial charge in [0.25, 0.3) is 0 Å². The predicted molar refractivity (Wildman–Crippen MR) is 82.4 cm³/mol. The second-order valence-electron chi connectivity index (χ2n) is 6.60. The molecular formula is C16H20N4O2. The number of nitrogens with one attached hydrogen (secondary N) is 1. The molecule has 2 aromatic rings. The first kappa shape index (κ1) is 13.7. The molecule has 0 saturated heterocycles. The van der Waals surface area contributed by atoms with Crippen molar-refractivity contribution in [2.75, 3.05) is 25.1 Å². The van der Waals surface area contributed by atoms with Crippen LogP contribution >= 0.6 is 0 Å². The summed E-state index contributed by atoms with van der Waals surface area (Å²) in [6.07, 6.45) is 5.37. The topological polar surface area (TPSA) is 82.1 Å². The number of hydrogen-bond acceptors (Lipinski definition) is 5. The number of carbonyl (C=O) groups is 1. The lowest BCUT2D eigenvalue weighted by molar-refractivity contribution is -0.125. The van der Waals surface area contributed by atoms with E-state index in [1.165, 1.54) is 0 Å². The van der Waals surface area contributed by atoms with Crippen LogP contribution in [0.1, 0.15) is 12.8 Å². The van der Waals surface area contributed by atoms with E-state index in [9.17, 15) is 4.79 Å². The number of rotatable bonds is 5. The van der Waals surface area contributed by atoms with Crippen LogP contribution in [0.4, 0.5) is 5.82 Å². The zero-order chi connectivity index (χ0) is 15.3. The lowest BCUT2D eigenvalue weighted by Gasteiger charge is -2.20. The number of hydrogen-bond donors (Lipinski definition) is 2. The minimum Gasteiger partial charge on any atom is -0.389 e. The van der Waals surface area contributed by atoms with Crippen molar-refractivity contribution >= 4 is 22.6 Å². The number of aliphatic hydroxyl groups is 1. The molecule has 0 aliphatic heterocycles. The van der Waals surface area contributed by atoms with Gasteiger partial charge in [0.05, 0.1) is 5.39 Å². The average Bonchev–Trinajstić information content (AvgIpc) is 2.94. The zero-order valence-corrected chi connectivity index (χ0v) is 12.6. The van der Waals surface area contributed by atoms with Crippen LogP contribution in [0, 0.1) is 23.7 Å². The quantitative estimate of drug-likeness (QED) is 0.868. The van der Waals surface area contributed by atoms with Gasteiger partial charge in [-0.2, -0.15) is 0 Å².